The van der Waals surface area contributed by atoms with E-state index >= 15 is 0 Å². The maximum Gasteiger partial charge on any atom is 0.328 e. The SMILES string of the molecule is CC(C)(C)OC(=O)Cn1nc(C(N)=O)c2ccc(C(=O)NS(=O)(=O)C3CC3)cc21. The lowest BCUT2D eigenvalue weighted by molar-refractivity contribution is -0.155. The van der Waals surface area contributed by atoms with E-state index in [1.54, 1.807) is 20.8 Å². The second kappa shape index (κ2) is 7.14. The molecule has 1 heterocycles. The molecule has 1 fully saturated rings. The molecule has 3 rings (SSSR count). The minimum absolute atomic E-state index is 0.0445. The molecular formula is C18H22N4O6S. The molecule has 0 saturated heterocycles. The van der Waals surface area contributed by atoms with Gasteiger partial charge in [0.15, 0.2) is 5.69 Å². The largest absolute Gasteiger partial charge is 0.459 e. The van der Waals surface area contributed by atoms with E-state index in [2.05, 4.69) is 5.10 Å². The highest BCUT2D eigenvalue weighted by atomic mass is 32.2. The molecule has 0 unspecified atom stereocenters. The molecule has 1 aliphatic carbocycles. The highest BCUT2D eigenvalue weighted by Crippen LogP contribution is 2.28. The van der Waals surface area contributed by atoms with Gasteiger partial charge in [0.05, 0.1) is 10.8 Å². The Morgan fingerprint density at radius 1 is 1.28 bits per heavy atom. The molecule has 10 nitrogen and oxygen atoms in total. The number of esters is 1. The van der Waals surface area contributed by atoms with Gasteiger partial charge in [-0.2, -0.15) is 5.10 Å². The zero-order chi connectivity index (χ0) is 21.6. The fourth-order valence-electron chi connectivity index (χ4n) is 2.76. The summed E-state index contributed by atoms with van der Waals surface area (Å²) < 4.78 is 32.5. The Bertz CT molecular complexity index is 1110. The third-order valence-electron chi connectivity index (χ3n) is 4.14. The first-order valence-electron chi connectivity index (χ1n) is 8.95. The summed E-state index contributed by atoms with van der Waals surface area (Å²) in [4.78, 5) is 36.3. The number of hydrogen-bond donors (Lipinski definition) is 2. The molecule has 0 aliphatic heterocycles. The number of primary amides is 1. The zero-order valence-electron chi connectivity index (χ0n) is 16.3. The van der Waals surface area contributed by atoms with Crippen molar-refractivity contribution in [3.05, 3.63) is 29.5 Å². The summed E-state index contributed by atoms with van der Waals surface area (Å²) in [5.74, 6) is -2.19. The van der Waals surface area contributed by atoms with Crippen LogP contribution in [-0.2, 0) is 26.1 Å². The third kappa shape index (κ3) is 4.73. The number of ether oxygens (including phenoxy) is 1. The molecule has 1 aliphatic rings. The van der Waals surface area contributed by atoms with E-state index in [1.807, 2.05) is 4.72 Å². The van der Waals surface area contributed by atoms with Gasteiger partial charge < -0.3 is 10.5 Å². The van der Waals surface area contributed by atoms with Crippen LogP contribution in [0.1, 0.15) is 54.5 Å². The summed E-state index contributed by atoms with van der Waals surface area (Å²) in [6, 6.07) is 4.16. The van der Waals surface area contributed by atoms with Crippen molar-refractivity contribution in [3.63, 3.8) is 0 Å². The number of fused-ring (bicyclic) bond motifs is 1. The second-order valence-electron chi connectivity index (χ2n) is 7.86. The maximum atomic E-state index is 12.4. The van der Waals surface area contributed by atoms with Crippen molar-refractivity contribution in [2.75, 3.05) is 0 Å². The summed E-state index contributed by atoms with van der Waals surface area (Å²) in [5, 5.41) is 3.85. The van der Waals surface area contributed by atoms with Gasteiger partial charge in [0.25, 0.3) is 11.8 Å². The van der Waals surface area contributed by atoms with Crippen LogP contribution in [0.2, 0.25) is 0 Å². The van der Waals surface area contributed by atoms with Gasteiger partial charge >= 0.3 is 5.97 Å². The van der Waals surface area contributed by atoms with Gasteiger partial charge in [-0.1, -0.05) is 0 Å². The van der Waals surface area contributed by atoms with Crippen molar-refractivity contribution in [1.82, 2.24) is 14.5 Å². The van der Waals surface area contributed by atoms with Crippen molar-refractivity contribution in [2.45, 2.75) is 51.0 Å². The molecule has 1 aromatic heterocycles. The van der Waals surface area contributed by atoms with Crippen LogP contribution in [0, 0.1) is 0 Å². The molecule has 0 spiro atoms. The summed E-state index contributed by atoms with van der Waals surface area (Å²) >= 11 is 0. The maximum absolute atomic E-state index is 12.4. The van der Waals surface area contributed by atoms with E-state index in [0.717, 1.165) is 0 Å². The predicted molar refractivity (Wildman–Crippen MR) is 104 cm³/mol. The number of benzene rings is 1. The molecule has 29 heavy (non-hydrogen) atoms. The number of nitrogens with two attached hydrogens (primary N) is 1. The average molecular weight is 422 g/mol. The van der Waals surface area contributed by atoms with E-state index in [-0.39, 0.29) is 23.3 Å². The van der Waals surface area contributed by atoms with Gasteiger partial charge in [-0.3, -0.25) is 19.1 Å². The quantitative estimate of drug-likeness (QED) is 0.650. The van der Waals surface area contributed by atoms with Crippen LogP contribution >= 0.6 is 0 Å². The van der Waals surface area contributed by atoms with Crippen LogP contribution in [0.5, 0.6) is 0 Å². The van der Waals surface area contributed by atoms with Gasteiger partial charge in [-0.25, -0.2) is 13.1 Å². The third-order valence-corrected chi connectivity index (χ3v) is 5.96. The molecule has 2 amide bonds. The van der Waals surface area contributed by atoms with E-state index in [1.165, 1.54) is 22.9 Å². The summed E-state index contributed by atoms with van der Waals surface area (Å²) in [6.07, 6.45) is 1.04. The molecule has 3 N–H and O–H groups in total. The normalized spacial score (nSPS) is 14.6. The van der Waals surface area contributed by atoms with Crippen molar-refractivity contribution in [1.29, 1.82) is 0 Å². The molecule has 0 bridgehead atoms. The number of hydrogen-bond acceptors (Lipinski definition) is 7. The van der Waals surface area contributed by atoms with E-state index in [9.17, 15) is 22.8 Å². The van der Waals surface area contributed by atoms with Crippen LogP contribution in [0.25, 0.3) is 10.9 Å². The van der Waals surface area contributed by atoms with Crippen LogP contribution in [0.4, 0.5) is 0 Å². The first-order valence-corrected chi connectivity index (χ1v) is 10.5. The smallest absolute Gasteiger partial charge is 0.328 e. The second-order valence-corrected chi connectivity index (χ2v) is 9.83. The minimum Gasteiger partial charge on any atom is -0.459 e. The lowest BCUT2D eigenvalue weighted by Crippen LogP contribution is -2.33. The van der Waals surface area contributed by atoms with Crippen LogP contribution in [-0.4, -0.2) is 46.8 Å². The van der Waals surface area contributed by atoms with Gasteiger partial charge in [0.1, 0.15) is 12.1 Å². The van der Waals surface area contributed by atoms with Gasteiger partial charge in [-0.15, -0.1) is 0 Å². The summed E-state index contributed by atoms with van der Waals surface area (Å²) in [7, 11) is -3.72. The number of aromatic nitrogens is 2. The van der Waals surface area contributed by atoms with Gasteiger partial charge in [-0.05, 0) is 51.8 Å². The molecule has 0 radical (unpaired) electrons. The molecule has 11 heteroatoms. The zero-order valence-corrected chi connectivity index (χ0v) is 17.1. The van der Waals surface area contributed by atoms with Crippen molar-refractivity contribution in [2.24, 2.45) is 5.73 Å². The number of nitrogens with zero attached hydrogens (tertiary/aromatic N) is 2. The number of carbonyl (C=O) groups is 3. The molecule has 1 saturated carbocycles. The first kappa shape index (κ1) is 20.8. The number of nitrogens with one attached hydrogen (secondary N) is 1. The standard InChI is InChI=1S/C18H22N4O6S/c1-18(2,3)28-14(23)9-22-13-8-10(4-7-12(13)15(20-22)16(19)24)17(25)21-29(26,27)11-5-6-11/h4,7-8,11H,5-6,9H2,1-3H3,(H2,19,24)(H,21,25). The lowest BCUT2D eigenvalue weighted by Gasteiger charge is -2.19. The molecule has 1 aromatic carbocycles. The highest BCUT2D eigenvalue weighted by molar-refractivity contribution is 7.91. The minimum atomic E-state index is -3.72. The number of sulfonamides is 1. The first-order chi connectivity index (χ1) is 13.4. The lowest BCUT2D eigenvalue weighted by atomic mass is 10.1. The van der Waals surface area contributed by atoms with Crippen LogP contribution in [0.3, 0.4) is 0 Å². The van der Waals surface area contributed by atoms with Crippen LogP contribution < -0.4 is 10.5 Å². The molecule has 2 aromatic rings. The summed E-state index contributed by atoms with van der Waals surface area (Å²) in [6.45, 7) is 4.82. The Kier molecular flexibility index (Phi) is 5.11. The van der Waals surface area contributed by atoms with E-state index in [0.29, 0.717) is 18.2 Å². The number of amides is 2. The van der Waals surface area contributed by atoms with Crippen molar-refractivity contribution in [3.8, 4) is 0 Å². The summed E-state index contributed by atoms with van der Waals surface area (Å²) in [5.41, 5.74) is 4.90. The van der Waals surface area contributed by atoms with Gasteiger partial charge in [0.2, 0.25) is 10.0 Å². The molecular weight excluding hydrogens is 400 g/mol. The number of rotatable bonds is 6. The Morgan fingerprint density at radius 3 is 2.48 bits per heavy atom. The Hall–Kier alpha value is -2.95. The Balaban J connectivity index is 1.96. The number of carbonyl (C=O) groups excluding carboxylic acids is 3. The topological polar surface area (TPSA) is 150 Å². The van der Waals surface area contributed by atoms with E-state index in [4.69, 9.17) is 10.5 Å². The predicted octanol–water partition coefficient (Wildman–Crippen LogP) is 0.699. The van der Waals surface area contributed by atoms with Crippen molar-refractivity contribution < 1.29 is 27.5 Å². The van der Waals surface area contributed by atoms with E-state index < -0.39 is 38.7 Å². The highest BCUT2D eigenvalue weighted by Gasteiger charge is 2.37. The Labute approximate surface area is 167 Å². The molecule has 156 valence electrons. The fraction of sp³-hybridized carbons (Fsp3) is 0.444. The average Bonchev–Trinajstić information content (AvgIpc) is 3.37. The fourth-order valence-corrected chi connectivity index (χ4v) is 4.06. The molecule has 0 atom stereocenters. The Morgan fingerprint density at radius 2 is 1.93 bits per heavy atom. The monoisotopic (exact) mass is 422 g/mol. The van der Waals surface area contributed by atoms with Crippen LogP contribution in [0.15, 0.2) is 18.2 Å². The van der Waals surface area contributed by atoms with Gasteiger partial charge in [0, 0.05) is 10.9 Å². The van der Waals surface area contributed by atoms with Crippen molar-refractivity contribution >= 4 is 38.7 Å².